The van der Waals surface area contributed by atoms with E-state index in [-0.39, 0.29) is 6.01 Å². The molecule has 0 aliphatic carbocycles. The van der Waals surface area contributed by atoms with Crippen LogP contribution in [0.25, 0.3) is 17.2 Å². The largest absolute Gasteiger partial charge is 0.479 e. The fourth-order valence-electron chi connectivity index (χ4n) is 1.68. The lowest BCUT2D eigenvalue weighted by molar-refractivity contribution is 0.429. The summed E-state index contributed by atoms with van der Waals surface area (Å²) in [6.45, 7) is 0. The van der Waals surface area contributed by atoms with Crippen LogP contribution in [-0.2, 0) is 0 Å². The summed E-state index contributed by atoms with van der Waals surface area (Å²) in [5.74, 6) is 0.797. The number of pyridine rings is 1. The highest BCUT2D eigenvalue weighted by Crippen LogP contribution is 2.20. The summed E-state index contributed by atoms with van der Waals surface area (Å²) in [6, 6.07) is 8.50. The molecule has 0 bridgehead atoms. The molecule has 0 saturated heterocycles. The van der Waals surface area contributed by atoms with E-state index in [1.165, 1.54) is 10.9 Å². The second-order valence-corrected chi connectivity index (χ2v) is 3.80. The highest BCUT2D eigenvalue weighted by Gasteiger charge is 2.10. The first kappa shape index (κ1) is 11.1. The third kappa shape index (κ3) is 2.08. The molecule has 0 radical (unpaired) electrons. The molecule has 0 atom stereocenters. The zero-order valence-electron chi connectivity index (χ0n) is 9.80. The molecule has 7 heteroatoms. The van der Waals surface area contributed by atoms with Gasteiger partial charge < -0.3 is 10.8 Å². The Morgan fingerprint density at radius 2 is 1.95 bits per heavy atom. The Bertz CT molecular complexity index is 709. The van der Waals surface area contributed by atoms with Crippen molar-refractivity contribution in [2.24, 2.45) is 0 Å². The van der Waals surface area contributed by atoms with Crippen LogP contribution in [0, 0.1) is 0 Å². The molecule has 3 aromatic rings. The molecule has 3 N–H and O–H groups in total. The quantitative estimate of drug-likeness (QED) is 0.707. The Morgan fingerprint density at radius 3 is 2.68 bits per heavy atom. The van der Waals surface area contributed by atoms with Crippen LogP contribution in [-0.4, -0.2) is 29.8 Å². The van der Waals surface area contributed by atoms with E-state index in [4.69, 9.17) is 5.73 Å². The lowest BCUT2D eigenvalue weighted by atomic mass is 10.3. The Balaban J connectivity index is 2.08. The van der Waals surface area contributed by atoms with Crippen LogP contribution in [0.15, 0.2) is 42.7 Å². The van der Waals surface area contributed by atoms with Crippen LogP contribution in [0.3, 0.4) is 0 Å². The maximum atomic E-state index is 9.27. The van der Waals surface area contributed by atoms with Gasteiger partial charge in [0.15, 0.2) is 5.82 Å². The van der Waals surface area contributed by atoms with Crippen molar-refractivity contribution >= 4 is 5.82 Å². The smallest absolute Gasteiger partial charge is 0.315 e. The van der Waals surface area contributed by atoms with Gasteiger partial charge in [-0.15, -0.1) is 0 Å². The number of hydrogen-bond donors (Lipinski definition) is 2. The highest BCUT2D eigenvalue weighted by molar-refractivity contribution is 5.59. The second-order valence-electron chi connectivity index (χ2n) is 3.80. The average Bonchev–Trinajstić information content (AvgIpc) is 2.82. The molecule has 0 saturated carbocycles. The van der Waals surface area contributed by atoms with Gasteiger partial charge in [-0.05, 0) is 12.1 Å². The number of nitrogen functional groups attached to an aromatic ring is 1. The van der Waals surface area contributed by atoms with Gasteiger partial charge in [-0.2, -0.15) is 14.8 Å². The molecule has 0 aromatic carbocycles. The van der Waals surface area contributed by atoms with Crippen molar-refractivity contribution < 1.29 is 5.11 Å². The first-order valence-corrected chi connectivity index (χ1v) is 5.53. The maximum absolute atomic E-state index is 9.27. The van der Waals surface area contributed by atoms with Gasteiger partial charge in [0, 0.05) is 24.5 Å². The Hall–Kier alpha value is -2.96. The van der Waals surface area contributed by atoms with Crippen molar-refractivity contribution in [3.63, 3.8) is 0 Å². The van der Waals surface area contributed by atoms with Gasteiger partial charge >= 0.3 is 6.01 Å². The van der Waals surface area contributed by atoms with Crippen LogP contribution in [0.5, 0.6) is 6.01 Å². The van der Waals surface area contributed by atoms with E-state index in [0.717, 1.165) is 0 Å². The molecule has 94 valence electrons. The van der Waals surface area contributed by atoms with Gasteiger partial charge in [-0.1, -0.05) is 6.07 Å². The molecule has 3 rings (SSSR count). The molecular weight excluding hydrogens is 244 g/mol. The molecule has 3 aromatic heterocycles. The van der Waals surface area contributed by atoms with Crippen LogP contribution < -0.4 is 5.73 Å². The monoisotopic (exact) mass is 254 g/mol. The molecule has 0 aliphatic heterocycles. The van der Waals surface area contributed by atoms with Gasteiger partial charge in [0.2, 0.25) is 0 Å². The number of rotatable bonds is 2. The topological polar surface area (TPSA) is 103 Å². The molecule has 0 spiro atoms. The van der Waals surface area contributed by atoms with Gasteiger partial charge in [0.1, 0.15) is 11.5 Å². The van der Waals surface area contributed by atoms with Crippen LogP contribution in [0.4, 0.5) is 5.82 Å². The summed E-state index contributed by atoms with van der Waals surface area (Å²) in [6.07, 6.45) is 3.11. The molecule has 0 fully saturated rings. The van der Waals surface area contributed by atoms with Crippen molar-refractivity contribution in [3.8, 4) is 23.2 Å². The minimum absolute atomic E-state index is 0.327. The maximum Gasteiger partial charge on any atom is 0.315 e. The van der Waals surface area contributed by atoms with Crippen LogP contribution in [0.2, 0.25) is 0 Å². The first-order valence-electron chi connectivity index (χ1n) is 5.53. The van der Waals surface area contributed by atoms with Crippen LogP contribution in [0.1, 0.15) is 0 Å². The van der Waals surface area contributed by atoms with Crippen molar-refractivity contribution in [2.45, 2.75) is 0 Å². The van der Waals surface area contributed by atoms with E-state index >= 15 is 0 Å². The van der Waals surface area contributed by atoms with E-state index in [0.29, 0.717) is 23.0 Å². The lowest BCUT2D eigenvalue weighted by Gasteiger charge is -2.01. The number of anilines is 1. The van der Waals surface area contributed by atoms with Crippen molar-refractivity contribution in [1.29, 1.82) is 0 Å². The number of nitrogens with two attached hydrogens (primary N) is 1. The average molecular weight is 254 g/mol. The Morgan fingerprint density at radius 1 is 1.05 bits per heavy atom. The summed E-state index contributed by atoms with van der Waals surface area (Å²) >= 11 is 0. The molecule has 0 unspecified atom stereocenters. The Labute approximate surface area is 108 Å². The summed E-state index contributed by atoms with van der Waals surface area (Å²) < 4.78 is 1.42. The lowest BCUT2D eigenvalue weighted by Crippen LogP contribution is -2.04. The third-order valence-corrected chi connectivity index (χ3v) is 2.51. The van der Waals surface area contributed by atoms with E-state index in [1.54, 1.807) is 18.3 Å². The number of aromatic nitrogens is 5. The number of nitrogens with zero attached hydrogens (tertiary/aromatic N) is 5. The van der Waals surface area contributed by atoms with Crippen LogP contribution >= 0.6 is 0 Å². The summed E-state index contributed by atoms with van der Waals surface area (Å²) in [5.41, 5.74) is 7.24. The zero-order valence-corrected chi connectivity index (χ0v) is 9.80. The Kier molecular flexibility index (Phi) is 2.57. The fourth-order valence-corrected chi connectivity index (χ4v) is 1.68. The standard InChI is InChI=1S/C12H10N6O/c13-10-7-9(8-3-1-2-5-14-8)17-18(10)11-4-6-15-12(19)16-11/h1-7H,13H2,(H,15,16,19). The number of aromatic hydroxyl groups is 1. The van der Waals surface area contributed by atoms with E-state index in [1.807, 2.05) is 18.2 Å². The normalized spacial score (nSPS) is 10.5. The molecule has 0 aliphatic rings. The van der Waals surface area contributed by atoms with Crippen molar-refractivity contribution in [1.82, 2.24) is 24.7 Å². The minimum atomic E-state index is -0.327. The van der Waals surface area contributed by atoms with Crippen molar-refractivity contribution in [3.05, 3.63) is 42.7 Å². The predicted molar refractivity (Wildman–Crippen MR) is 68.5 cm³/mol. The third-order valence-electron chi connectivity index (χ3n) is 2.51. The highest BCUT2D eigenvalue weighted by atomic mass is 16.3. The van der Waals surface area contributed by atoms with Gasteiger partial charge in [-0.25, -0.2) is 4.98 Å². The fraction of sp³-hybridized carbons (Fsp3) is 0. The van der Waals surface area contributed by atoms with E-state index < -0.39 is 0 Å². The first-order chi connectivity index (χ1) is 9.24. The van der Waals surface area contributed by atoms with Gasteiger partial charge in [0.05, 0.1) is 5.69 Å². The summed E-state index contributed by atoms with van der Waals surface area (Å²) in [5, 5.41) is 13.6. The van der Waals surface area contributed by atoms with E-state index in [2.05, 4.69) is 20.1 Å². The van der Waals surface area contributed by atoms with Gasteiger partial charge in [-0.3, -0.25) is 4.98 Å². The summed E-state index contributed by atoms with van der Waals surface area (Å²) in [7, 11) is 0. The predicted octanol–water partition coefficient (Wildman–Crippen LogP) is 1.01. The molecular formula is C12H10N6O. The molecule has 19 heavy (non-hydrogen) atoms. The molecule has 7 nitrogen and oxygen atoms in total. The molecule has 0 amide bonds. The van der Waals surface area contributed by atoms with Gasteiger partial charge in [0.25, 0.3) is 0 Å². The zero-order chi connectivity index (χ0) is 13.2. The number of hydrogen-bond acceptors (Lipinski definition) is 6. The summed E-state index contributed by atoms with van der Waals surface area (Å²) in [4.78, 5) is 11.7. The van der Waals surface area contributed by atoms with Crippen molar-refractivity contribution in [2.75, 3.05) is 5.73 Å². The molecule has 3 heterocycles. The van der Waals surface area contributed by atoms with E-state index in [9.17, 15) is 5.11 Å². The minimum Gasteiger partial charge on any atom is -0.479 e. The second kappa shape index (κ2) is 4.37. The SMILES string of the molecule is Nc1cc(-c2ccccn2)nn1-c1ccnc(O)n1.